The van der Waals surface area contributed by atoms with Gasteiger partial charge in [0.25, 0.3) is 0 Å². The summed E-state index contributed by atoms with van der Waals surface area (Å²) in [6, 6.07) is 0. The number of carbonyl (C=O) groups is 1. The van der Waals surface area contributed by atoms with Gasteiger partial charge in [0.2, 0.25) is 15.9 Å². The van der Waals surface area contributed by atoms with Crippen molar-refractivity contribution in [1.82, 2.24) is 4.31 Å². The second kappa shape index (κ2) is 10.4. The Morgan fingerprint density at radius 1 is 1.14 bits per heavy atom. The molecule has 2 aliphatic rings. The van der Waals surface area contributed by atoms with Gasteiger partial charge in [0.15, 0.2) is 4.75 Å². The molecule has 0 aromatic carbocycles. The minimum absolute atomic E-state index is 0.0843. The van der Waals surface area contributed by atoms with Crippen molar-refractivity contribution in [3.05, 3.63) is 0 Å². The van der Waals surface area contributed by atoms with Crippen molar-refractivity contribution < 1.29 is 35.9 Å². The van der Waals surface area contributed by atoms with Gasteiger partial charge in [-0.1, -0.05) is 19.3 Å². The molecule has 2 fully saturated rings. The molecule has 11 heteroatoms. The van der Waals surface area contributed by atoms with E-state index in [1.54, 1.807) is 0 Å². The van der Waals surface area contributed by atoms with E-state index in [4.69, 9.17) is 10.5 Å². The number of piperidine rings is 1. The van der Waals surface area contributed by atoms with Crippen LogP contribution >= 0.6 is 0 Å². The van der Waals surface area contributed by atoms with E-state index in [0.717, 1.165) is 19.3 Å². The summed E-state index contributed by atoms with van der Waals surface area (Å²) < 4.78 is 71.8. The van der Waals surface area contributed by atoms with Gasteiger partial charge in [-0.15, -0.1) is 0 Å². The summed E-state index contributed by atoms with van der Waals surface area (Å²) >= 11 is 0. The highest BCUT2D eigenvalue weighted by Crippen LogP contribution is 2.35. The van der Waals surface area contributed by atoms with Gasteiger partial charge in [-0.3, -0.25) is 4.79 Å². The summed E-state index contributed by atoms with van der Waals surface area (Å²) in [4.78, 5) is 12.0. The van der Waals surface area contributed by atoms with Crippen LogP contribution in [0, 0.1) is 5.92 Å². The van der Waals surface area contributed by atoms with Crippen molar-refractivity contribution >= 4 is 15.9 Å². The first kappa shape index (κ1) is 24.4. The van der Waals surface area contributed by atoms with Crippen molar-refractivity contribution in [2.75, 3.05) is 39.5 Å². The zero-order valence-corrected chi connectivity index (χ0v) is 17.4. The van der Waals surface area contributed by atoms with Gasteiger partial charge in [-0.05, 0) is 25.2 Å². The molecule has 2 aliphatic heterocycles. The zero-order chi connectivity index (χ0) is 21.5. The number of alkyl halides is 3. The molecule has 2 saturated heterocycles. The summed E-state index contributed by atoms with van der Waals surface area (Å²) in [6.07, 6.45) is 0.420. The maximum atomic E-state index is 13.1. The summed E-state index contributed by atoms with van der Waals surface area (Å²) in [5.41, 5.74) is 5.49. The van der Waals surface area contributed by atoms with Crippen LogP contribution in [-0.2, 0) is 24.3 Å². The van der Waals surface area contributed by atoms with E-state index in [1.807, 2.05) is 0 Å². The number of primary amides is 1. The third-order valence-electron chi connectivity index (χ3n) is 5.82. The highest BCUT2D eigenvalue weighted by atomic mass is 32.2. The molecule has 7 nitrogen and oxygen atoms in total. The van der Waals surface area contributed by atoms with E-state index < -0.39 is 33.5 Å². The number of hydrogen-bond acceptors (Lipinski definition) is 5. The topological polar surface area (TPSA) is 98.9 Å². The normalized spacial score (nSPS) is 21.9. The lowest BCUT2D eigenvalue weighted by atomic mass is 9.92. The Bertz CT molecular complexity index is 628. The molecule has 0 unspecified atom stereocenters. The summed E-state index contributed by atoms with van der Waals surface area (Å²) in [6.45, 7) is -0.000232. The van der Waals surface area contributed by atoms with Gasteiger partial charge in [0.05, 0.1) is 0 Å². The fourth-order valence-corrected chi connectivity index (χ4v) is 6.14. The molecule has 0 aromatic rings. The van der Waals surface area contributed by atoms with E-state index in [9.17, 15) is 26.4 Å². The molecule has 170 valence electrons. The predicted molar refractivity (Wildman–Crippen MR) is 101 cm³/mol. The maximum absolute atomic E-state index is 13.1. The molecule has 2 rings (SSSR count). The Balaban J connectivity index is 1.72. The number of carbonyl (C=O) groups excluding carboxylic acids is 1. The van der Waals surface area contributed by atoms with Crippen LogP contribution in [0.4, 0.5) is 13.2 Å². The molecule has 0 radical (unpaired) electrons. The third kappa shape index (κ3) is 6.53. The fourth-order valence-electron chi connectivity index (χ4n) is 4.02. The van der Waals surface area contributed by atoms with Crippen molar-refractivity contribution in [2.24, 2.45) is 11.7 Å². The average Bonchev–Trinajstić information content (AvgIpc) is 2.67. The molecule has 2 heterocycles. The minimum atomic E-state index is -4.29. The molecule has 29 heavy (non-hydrogen) atoms. The van der Waals surface area contributed by atoms with E-state index in [0.29, 0.717) is 38.3 Å². The van der Waals surface area contributed by atoms with Gasteiger partial charge in [0.1, 0.15) is 6.61 Å². The van der Waals surface area contributed by atoms with Crippen LogP contribution in [0.25, 0.3) is 0 Å². The molecule has 1 amide bonds. The molecule has 0 atom stereocenters. The second-order valence-corrected chi connectivity index (χ2v) is 10.1. The molecule has 0 spiro atoms. The van der Waals surface area contributed by atoms with Gasteiger partial charge in [0, 0.05) is 45.8 Å². The Kier molecular flexibility index (Phi) is 8.74. The molecule has 0 bridgehead atoms. The quantitative estimate of drug-likeness (QED) is 0.521. The lowest BCUT2D eigenvalue weighted by molar-refractivity contribution is -0.174. The van der Waals surface area contributed by atoms with Crippen LogP contribution in [0.5, 0.6) is 0 Å². The highest BCUT2D eigenvalue weighted by molar-refractivity contribution is 7.91. The lowest BCUT2D eigenvalue weighted by Crippen LogP contribution is -2.59. The highest BCUT2D eigenvalue weighted by Gasteiger charge is 2.53. The standard InChI is InChI=1S/C18H31F3N2O5S/c19-18(20,21)14-28-11-3-1-2-4-15-5-9-23(10-6-15)29(25,26)17(16(22)24)7-12-27-13-8-17/h15H,1-14H2,(H2,22,24). The number of hydrogen-bond donors (Lipinski definition) is 1. The van der Waals surface area contributed by atoms with Gasteiger partial charge in [-0.2, -0.15) is 13.2 Å². The fraction of sp³-hybridized carbons (Fsp3) is 0.944. The first-order valence-electron chi connectivity index (χ1n) is 10.1. The van der Waals surface area contributed by atoms with Crippen molar-refractivity contribution in [2.45, 2.75) is 62.3 Å². The van der Waals surface area contributed by atoms with E-state index in [1.165, 1.54) is 4.31 Å². The monoisotopic (exact) mass is 444 g/mol. The number of halogens is 3. The van der Waals surface area contributed by atoms with Crippen LogP contribution in [0.2, 0.25) is 0 Å². The van der Waals surface area contributed by atoms with Gasteiger partial charge in [-0.25, -0.2) is 12.7 Å². The Morgan fingerprint density at radius 2 is 1.76 bits per heavy atom. The number of nitrogens with zero attached hydrogens (tertiary/aromatic N) is 1. The SMILES string of the molecule is NC(=O)C1(S(=O)(=O)N2CCC(CCCCCOCC(F)(F)F)CC2)CCOCC1. The zero-order valence-electron chi connectivity index (χ0n) is 16.6. The average molecular weight is 445 g/mol. The van der Waals surface area contributed by atoms with Crippen LogP contribution in [0.1, 0.15) is 51.4 Å². The minimum Gasteiger partial charge on any atom is -0.381 e. The number of unbranched alkanes of at least 4 members (excludes halogenated alkanes) is 2. The number of ether oxygens (including phenoxy) is 2. The number of sulfonamides is 1. The maximum Gasteiger partial charge on any atom is 0.411 e. The van der Waals surface area contributed by atoms with E-state index in [-0.39, 0.29) is 32.7 Å². The van der Waals surface area contributed by atoms with Crippen LogP contribution < -0.4 is 5.73 Å². The molecule has 0 saturated carbocycles. The number of amides is 1. The third-order valence-corrected chi connectivity index (χ3v) is 8.47. The predicted octanol–water partition coefficient (Wildman–Crippen LogP) is 2.20. The summed E-state index contributed by atoms with van der Waals surface area (Å²) in [5.74, 6) is -0.438. The number of nitrogens with two attached hydrogens (primary N) is 1. The lowest BCUT2D eigenvalue weighted by Gasteiger charge is -2.40. The molecule has 0 aliphatic carbocycles. The molecule has 0 aromatic heterocycles. The van der Waals surface area contributed by atoms with Crippen LogP contribution in [0.15, 0.2) is 0 Å². The summed E-state index contributed by atoms with van der Waals surface area (Å²) in [7, 11) is -3.85. The van der Waals surface area contributed by atoms with Gasteiger partial charge < -0.3 is 15.2 Å². The molecule has 2 N–H and O–H groups in total. The van der Waals surface area contributed by atoms with Gasteiger partial charge >= 0.3 is 6.18 Å². The van der Waals surface area contributed by atoms with Crippen molar-refractivity contribution in [3.63, 3.8) is 0 Å². The first-order chi connectivity index (χ1) is 13.6. The van der Waals surface area contributed by atoms with E-state index >= 15 is 0 Å². The van der Waals surface area contributed by atoms with Crippen LogP contribution in [-0.4, -0.2) is 69.1 Å². The van der Waals surface area contributed by atoms with Crippen LogP contribution in [0.3, 0.4) is 0 Å². The van der Waals surface area contributed by atoms with E-state index in [2.05, 4.69) is 4.74 Å². The summed E-state index contributed by atoms with van der Waals surface area (Å²) in [5, 5.41) is 0. The Hall–Kier alpha value is -0.910. The Morgan fingerprint density at radius 3 is 2.31 bits per heavy atom. The van der Waals surface area contributed by atoms with Crippen molar-refractivity contribution in [1.29, 1.82) is 0 Å². The second-order valence-electron chi connectivity index (χ2n) is 7.84. The molecular formula is C18H31F3N2O5S. The smallest absolute Gasteiger partial charge is 0.381 e. The largest absolute Gasteiger partial charge is 0.411 e. The number of rotatable bonds is 10. The molecular weight excluding hydrogens is 413 g/mol. The van der Waals surface area contributed by atoms with Crippen molar-refractivity contribution in [3.8, 4) is 0 Å². The first-order valence-corrected chi connectivity index (χ1v) is 11.5. The Labute approximate surface area is 170 Å².